The maximum atomic E-state index is 5.67. The Bertz CT molecular complexity index is 542. The molecule has 0 aliphatic rings. The van der Waals surface area contributed by atoms with Gasteiger partial charge in [0.05, 0.1) is 11.7 Å². The SMILES string of the molecule is CCn1c(CCC(C)(C)CCN)nc2cnccc21. The molecule has 4 nitrogen and oxygen atoms in total. The van der Waals surface area contributed by atoms with Crippen LogP contribution in [-0.2, 0) is 13.0 Å². The van der Waals surface area contributed by atoms with Gasteiger partial charge in [0.25, 0.3) is 0 Å². The third-order valence-corrected chi connectivity index (χ3v) is 3.79. The molecule has 2 aromatic rings. The Hall–Kier alpha value is -1.42. The zero-order valence-electron chi connectivity index (χ0n) is 12.2. The lowest BCUT2D eigenvalue weighted by Gasteiger charge is -2.23. The highest BCUT2D eigenvalue weighted by molar-refractivity contribution is 5.74. The fraction of sp³-hybridized carbons (Fsp3) is 0.600. The summed E-state index contributed by atoms with van der Waals surface area (Å²) < 4.78 is 2.29. The molecule has 0 aromatic carbocycles. The molecule has 0 spiro atoms. The molecule has 0 saturated carbocycles. The van der Waals surface area contributed by atoms with E-state index in [1.165, 1.54) is 5.52 Å². The van der Waals surface area contributed by atoms with E-state index in [-0.39, 0.29) is 5.41 Å². The third-order valence-electron chi connectivity index (χ3n) is 3.79. The number of hydrogen-bond donors (Lipinski definition) is 1. The van der Waals surface area contributed by atoms with Gasteiger partial charge in [-0.05, 0) is 37.8 Å². The number of nitrogens with two attached hydrogens (primary N) is 1. The number of rotatable bonds is 6. The van der Waals surface area contributed by atoms with E-state index in [1.54, 1.807) is 0 Å². The zero-order chi connectivity index (χ0) is 13.9. The van der Waals surface area contributed by atoms with Gasteiger partial charge in [0.2, 0.25) is 0 Å². The van der Waals surface area contributed by atoms with E-state index in [9.17, 15) is 0 Å². The van der Waals surface area contributed by atoms with Crippen molar-refractivity contribution in [2.45, 2.75) is 46.6 Å². The predicted octanol–water partition coefficient (Wildman–Crippen LogP) is 2.76. The summed E-state index contributed by atoms with van der Waals surface area (Å²) in [6.45, 7) is 8.42. The van der Waals surface area contributed by atoms with Crippen LogP contribution in [0.1, 0.15) is 39.4 Å². The lowest BCUT2D eigenvalue weighted by atomic mass is 9.84. The molecular formula is C15H24N4. The van der Waals surface area contributed by atoms with Crippen LogP contribution in [-0.4, -0.2) is 21.1 Å². The molecule has 0 unspecified atom stereocenters. The third kappa shape index (κ3) is 3.13. The number of aryl methyl sites for hydroxylation is 2. The minimum Gasteiger partial charge on any atom is -0.330 e. The Morgan fingerprint density at radius 1 is 1.32 bits per heavy atom. The molecule has 0 amide bonds. The molecule has 2 rings (SSSR count). The zero-order valence-corrected chi connectivity index (χ0v) is 12.2. The van der Waals surface area contributed by atoms with Gasteiger partial charge >= 0.3 is 0 Å². The average molecular weight is 260 g/mol. The fourth-order valence-electron chi connectivity index (χ4n) is 2.54. The van der Waals surface area contributed by atoms with Crippen LogP contribution >= 0.6 is 0 Å². The van der Waals surface area contributed by atoms with E-state index >= 15 is 0 Å². The van der Waals surface area contributed by atoms with Crippen LogP contribution in [0.2, 0.25) is 0 Å². The number of aromatic nitrogens is 3. The van der Waals surface area contributed by atoms with Gasteiger partial charge in [0.15, 0.2) is 0 Å². The molecule has 2 heterocycles. The Kier molecular flexibility index (Phi) is 4.20. The Morgan fingerprint density at radius 3 is 2.79 bits per heavy atom. The second-order valence-corrected chi connectivity index (χ2v) is 5.84. The van der Waals surface area contributed by atoms with Crippen LogP contribution in [0.3, 0.4) is 0 Å². The van der Waals surface area contributed by atoms with Crippen LogP contribution in [0.25, 0.3) is 11.0 Å². The van der Waals surface area contributed by atoms with Gasteiger partial charge in [-0.15, -0.1) is 0 Å². The van der Waals surface area contributed by atoms with Gasteiger partial charge in [-0.25, -0.2) is 4.98 Å². The van der Waals surface area contributed by atoms with Crippen molar-refractivity contribution in [1.29, 1.82) is 0 Å². The topological polar surface area (TPSA) is 56.7 Å². The maximum Gasteiger partial charge on any atom is 0.109 e. The molecule has 0 saturated heterocycles. The molecule has 0 aliphatic heterocycles. The molecular weight excluding hydrogens is 236 g/mol. The van der Waals surface area contributed by atoms with Crippen molar-refractivity contribution in [3.8, 4) is 0 Å². The summed E-state index contributed by atoms with van der Waals surface area (Å²) in [5.41, 5.74) is 8.13. The predicted molar refractivity (Wildman–Crippen MR) is 79.0 cm³/mol. The van der Waals surface area contributed by atoms with E-state index in [4.69, 9.17) is 10.7 Å². The summed E-state index contributed by atoms with van der Waals surface area (Å²) in [6, 6.07) is 2.04. The number of imidazole rings is 1. The summed E-state index contributed by atoms with van der Waals surface area (Å²) >= 11 is 0. The number of hydrogen-bond acceptors (Lipinski definition) is 3. The van der Waals surface area contributed by atoms with Crippen molar-refractivity contribution in [2.75, 3.05) is 6.54 Å². The second kappa shape index (κ2) is 5.70. The molecule has 2 aromatic heterocycles. The minimum atomic E-state index is 0.281. The Balaban J connectivity index is 2.21. The summed E-state index contributed by atoms with van der Waals surface area (Å²) in [4.78, 5) is 8.86. The molecule has 104 valence electrons. The highest BCUT2D eigenvalue weighted by atomic mass is 15.1. The first-order valence-corrected chi connectivity index (χ1v) is 7.06. The Labute approximate surface area is 115 Å². The van der Waals surface area contributed by atoms with E-state index in [2.05, 4.69) is 30.3 Å². The Morgan fingerprint density at radius 2 is 2.11 bits per heavy atom. The van der Waals surface area contributed by atoms with Crippen LogP contribution in [0.15, 0.2) is 18.5 Å². The highest BCUT2D eigenvalue weighted by Crippen LogP contribution is 2.27. The molecule has 0 bridgehead atoms. The first kappa shape index (κ1) is 14.0. The largest absolute Gasteiger partial charge is 0.330 e. The molecule has 2 N–H and O–H groups in total. The van der Waals surface area contributed by atoms with Crippen molar-refractivity contribution < 1.29 is 0 Å². The number of pyridine rings is 1. The van der Waals surface area contributed by atoms with Crippen molar-refractivity contribution in [3.05, 3.63) is 24.3 Å². The van der Waals surface area contributed by atoms with E-state index in [0.29, 0.717) is 0 Å². The van der Waals surface area contributed by atoms with Crippen LogP contribution in [0.5, 0.6) is 0 Å². The van der Waals surface area contributed by atoms with Crippen LogP contribution in [0.4, 0.5) is 0 Å². The fourth-order valence-corrected chi connectivity index (χ4v) is 2.54. The van der Waals surface area contributed by atoms with E-state index in [0.717, 1.165) is 43.7 Å². The van der Waals surface area contributed by atoms with Gasteiger partial charge in [0, 0.05) is 19.2 Å². The lowest BCUT2D eigenvalue weighted by molar-refractivity contribution is 0.309. The summed E-state index contributed by atoms with van der Waals surface area (Å²) in [6.07, 6.45) is 6.84. The molecule has 0 fully saturated rings. The van der Waals surface area contributed by atoms with E-state index in [1.807, 2.05) is 18.5 Å². The molecule has 19 heavy (non-hydrogen) atoms. The van der Waals surface area contributed by atoms with Crippen molar-refractivity contribution in [3.63, 3.8) is 0 Å². The minimum absolute atomic E-state index is 0.281. The quantitative estimate of drug-likeness (QED) is 0.869. The number of nitrogens with zero attached hydrogens (tertiary/aromatic N) is 3. The van der Waals surface area contributed by atoms with Gasteiger partial charge in [0.1, 0.15) is 11.3 Å². The molecule has 0 radical (unpaired) electrons. The highest BCUT2D eigenvalue weighted by Gasteiger charge is 2.18. The van der Waals surface area contributed by atoms with Gasteiger partial charge in [-0.2, -0.15) is 0 Å². The molecule has 4 heteroatoms. The monoisotopic (exact) mass is 260 g/mol. The molecule has 0 atom stereocenters. The maximum absolute atomic E-state index is 5.67. The summed E-state index contributed by atoms with van der Waals surface area (Å²) in [5.74, 6) is 1.16. The van der Waals surface area contributed by atoms with Crippen molar-refractivity contribution in [1.82, 2.24) is 14.5 Å². The summed E-state index contributed by atoms with van der Waals surface area (Å²) in [5, 5.41) is 0. The van der Waals surface area contributed by atoms with Crippen LogP contribution < -0.4 is 5.73 Å². The van der Waals surface area contributed by atoms with Crippen molar-refractivity contribution in [2.24, 2.45) is 11.1 Å². The average Bonchev–Trinajstić information content (AvgIpc) is 2.74. The first-order chi connectivity index (χ1) is 9.07. The van der Waals surface area contributed by atoms with Gasteiger partial charge < -0.3 is 10.3 Å². The smallest absolute Gasteiger partial charge is 0.109 e. The molecule has 0 aliphatic carbocycles. The first-order valence-electron chi connectivity index (χ1n) is 7.06. The lowest BCUT2D eigenvalue weighted by Crippen LogP contribution is -2.18. The number of fused-ring (bicyclic) bond motifs is 1. The standard InChI is InChI=1S/C15H24N4/c1-4-19-13-6-10-17-11-12(13)18-14(19)5-7-15(2,3)8-9-16/h6,10-11H,4-5,7-9,16H2,1-3H3. The van der Waals surface area contributed by atoms with E-state index < -0.39 is 0 Å². The summed E-state index contributed by atoms with van der Waals surface area (Å²) in [7, 11) is 0. The van der Waals surface area contributed by atoms with Crippen molar-refractivity contribution >= 4 is 11.0 Å². The van der Waals surface area contributed by atoms with Gasteiger partial charge in [-0.3, -0.25) is 4.98 Å². The normalized spacial score (nSPS) is 12.2. The van der Waals surface area contributed by atoms with Crippen LogP contribution in [0, 0.1) is 5.41 Å². The second-order valence-electron chi connectivity index (χ2n) is 5.84. The van der Waals surface area contributed by atoms with Gasteiger partial charge in [-0.1, -0.05) is 13.8 Å².